The lowest BCUT2D eigenvalue weighted by Gasteiger charge is -2.05. The lowest BCUT2D eigenvalue weighted by atomic mass is 10.1. The van der Waals surface area contributed by atoms with Gasteiger partial charge in [-0.3, -0.25) is 0 Å². The smallest absolute Gasteiger partial charge is 0.135 e. The first-order chi connectivity index (χ1) is 7.70. The third-order valence-corrected chi connectivity index (χ3v) is 3.23. The van der Waals surface area contributed by atoms with Crippen molar-refractivity contribution < 1.29 is 0 Å². The minimum absolute atomic E-state index is 0.730. The van der Waals surface area contributed by atoms with Gasteiger partial charge in [-0.25, -0.2) is 4.68 Å². The van der Waals surface area contributed by atoms with E-state index in [1.54, 1.807) is 11.8 Å². The summed E-state index contributed by atoms with van der Waals surface area (Å²) in [5.74, 6) is 0.744. The highest BCUT2D eigenvalue weighted by Crippen LogP contribution is 2.22. The van der Waals surface area contributed by atoms with E-state index in [0.29, 0.717) is 0 Å². The average Bonchev–Trinajstić information content (AvgIpc) is 2.60. The Bertz CT molecular complexity index is 491. The number of rotatable bonds is 3. The molecule has 84 valence electrons. The highest BCUT2D eigenvalue weighted by atomic mass is 32.2. The average molecular weight is 233 g/mol. The zero-order chi connectivity index (χ0) is 11.5. The van der Waals surface area contributed by atoms with Gasteiger partial charge in [0.25, 0.3) is 0 Å². The molecule has 0 aliphatic heterocycles. The number of hydrogen-bond donors (Lipinski definition) is 1. The van der Waals surface area contributed by atoms with Crippen LogP contribution in [0.3, 0.4) is 0 Å². The number of benzene rings is 1. The molecule has 2 N–H and O–H groups in total. The van der Waals surface area contributed by atoms with Crippen LogP contribution in [0.5, 0.6) is 0 Å². The van der Waals surface area contributed by atoms with Crippen LogP contribution in [0, 0.1) is 6.92 Å². The molecule has 0 aliphatic rings. The normalized spacial score (nSPS) is 10.6. The van der Waals surface area contributed by atoms with Crippen molar-refractivity contribution in [3.05, 3.63) is 41.6 Å². The number of anilines is 1. The van der Waals surface area contributed by atoms with E-state index in [9.17, 15) is 0 Å². The standard InChI is InChI=1S/C12H15N3S/c1-9-4-3-5-10(6-9)8-15-12(13)11(16-2)7-14-15/h3-7H,8,13H2,1-2H3. The van der Waals surface area contributed by atoms with Crippen molar-refractivity contribution in [1.29, 1.82) is 0 Å². The van der Waals surface area contributed by atoms with E-state index in [-0.39, 0.29) is 0 Å². The molecule has 0 fully saturated rings. The van der Waals surface area contributed by atoms with Crippen LogP contribution in [-0.2, 0) is 6.54 Å². The zero-order valence-corrected chi connectivity index (χ0v) is 10.3. The van der Waals surface area contributed by atoms with Crippen molar-refractivity contribution in [3.63, 3.8) is 0 Å². The Morgan fingerprint density at radius 3 is 2.88 bits per heavy atom. The van der Waals surface area contributed by atoms with Crippen LogP contribution < -0.4 is 5.73 Å². The van der Waals surface area contributed by atoms with E-state index in [1.165, 1.54) is 11.1 Å². The van der Waals surface area contributed by atoms with E-state index in [1.807, 2.05) is 17.1 Å². The van der Waals surface area contributed by atoms with Crippen LogP contribution >= 0.6 is 11.8 Å². The van der Waals surface area contributed by atoms with E-state index in [2.05, 4.69) is 36.3 Å². The molecule has 0 spiro atoms. The summed E-state index contributed by atoms with van der Waals surface area (Å²) in [6.07, 6.45) is 3.82. The lowest BCUT2D eigenvalue weighted by Crippen LogP contribution is -2.06. The van der Waals surface area contributed by atoms with Gasteiger partial charge in [0, 0.05) is 0 Å². The Hall–Kier alpha value is -1.42. The molecular weight excluding hydrogens is 218 g/mol. The molecule has 0 radical (unpaired) electrons. The van der Waals surface area contributed by atoms with Gasteiger partial charge in [-0.15, -0.1) is 11.8 Å². The topological polar surface area (TPSA) is 43.8 Å². The summed E-state index contributed by atoms with van der Waals surface area (Å²) in [7, 11) is 0. The number of nitrogens with zero attached hydrogens (tertiary/aromatic N) is 2. The fourth-order valence-electron chi connectivity index (χ4n) is 1.64. The highest BCUT2D eigenvalue weighted by molar-refractivity contribution is 7.98. The second-order valence-electron chi connectivity index (χ2n) is 3.74. The molecule has 2 aromatic rings. The van der Waals surface area contributed by atoms with Crippen molar-refractivity contribution >= 4 is 17.6 Å². The number of nitrogen functional groups attached to an aromatic ring is 1. The number of thioether (sulfide) groups is 1. The second kappa shape index (κ2) is 4.61. The summed E-state index contributed by atoms with van der Waals surface area (Å²) in [4.78, 5) is 1.03. The van der Waals surface area contributed by atoms with Crippen molar-refractivity contribution in [3.8, 4) is 0 Å². The number of hydrogen-bond acceptors (Lipinski definition) is 3. The Labute approximate surface area is 99.7 Å². The first-order valence-corrected chi connectivity index (χ1v) is 6.34. The van der Waals surface area contributed by atoms with E-state index in [4.69, 9.17) is 5.73 Å². The predicted octanol–water partition coefficient (Wildman–Crippen LogP) is 2.54. The quantitative estimate of drug-likeness (QED) is 0.829. The molecule has 16 heavy (non-hydrogen) atoms. The van der Waals surface area contributed by atoms with Gasteiger partial charge in [0.05, 0.1) is 17.6 Å². The fourth-order valence-corrected chi connectivity index (χ4v) is 2.11. The van der Waals surface area contributed by atoms with Gasteiger partial charge in [0.1, 0.15) is 5.82 Å². The van der Waals surface area contributed by atoms with Gasteiger partial charge in [-0.1, -0.05) is 29.8 Å². The van der Waals surface area contributed by atoms with Gasteiger partial charge in [0.2, 0.25) is 0 Å². The molecule has 3 nitrogen and oxygen atoms in total. The van der Waals surface area contributed by atoms with Crippen LogP contribution in [0.25, 0.3) is 0 Å². The first-order valence-electron chi connectivity index (χ1n) is 5.11. The molecule has 0 saturated heterocycles. The summed E-state index contributed by atoms with van der Waals surface area (Å²) in [5.41, 5.74) is 8.46. The van der Waals surface area contributed by atoms with Crippen molar-refractivity contribution in [2.75, 3.05) is 12.0 Å². The van der Waals surface area contributed by atoms with E-state index in [0.717, 1.165) is 17.3 Å². The minimum Gasteiger partial charge on any atom is -0.383 e. The molecular formula is C12H15N3S. The van der Waals surface area contributed by atoms with Crippen LogP contribution in [0.2, 0.25) is 0 Å². The summed E-state index contributed by atoms with van der Waals surface area (Å²) in [6, 6.07) is 8.38. The van der Waals surface area contributed by atoms with E-state index >= 15 is 0 Å². The molecule has 1 aromatic heterocycles. The zero-order valence-electron chi connectivity index (χ0n) is 9.47. The van der Waals surface area contributed by atoms with Gasteiger partial charge >= 0.3 is 0 Å². The van der Waals surface area contributed by atoms with Crippen molar-refractivity contribution in [1.82, 2.24) is 9.78 Å². The van der Waals surface area contributed by atoms with E-state index < -0.39 is 0 Å². The molecule has 0 unspecified atom stereocenters. The Balaban J connectivity index is 2.24. The minimum atomic E-state index is 0.730. The van der Waals surface area contributed by atoms with Crippen molar-refractivity contribution in [2.24, 2.45) is 0 Å². The maximum Gasteiger partial charge on any atom is 0.135 e. The van der Waals surface area contributed by atoms with Gasteiger partial charge in [-0.2, -0.15) is 5.10 Å². The first kappa shape index (κ1) is 11.1. The molecule has 4 heteroatoms. The number of aromatic nitrogens is 2. The van der Waals surface area contributed by atoms with Gasteiger partial charge < -0.3 is 5.73 Å². The number of nitrogens with two attached hydrogens (primary N) is 1. The lowest BCUT2D eigenvalue weighted by molar-refractivity contribution is 0.696. The molecule has 0 atom stereocenters. The Kier molecular flexibility index (Phi) is 3.19. The summed E-state index contributed by atoms with van der Waals surface area (Å²) < 4.78 is 1.83. The Morgan fingerprint density at radius 1 is 1.44 bits per heavy atom. The highest BCUT2D eigenvalue weighted by Gasteiger charge is 2.06. The molecule has 0 saturated carbocycles. The SMILES string of the molecule is CSc1cnn(Cc2cccc(C)c2)c1N. The molecule has 1 aromatic carbocycles. The third kappa shape index (κ3) is 2.22. The fraction of sp³-hybridized carbons (Fsp3) is 0.250. The maximum absolute atomic E-state index is 5.98. The maximum atomic E-state index is 5.98. The van der Waals surface area contributed by atoms with Crippen LogP contribution in [0.15, 0.2) is 35.4 Å². The second-order valence-corrected chi connectivity index (χ2v) is 4.59. The summed E-state index contributed by atoms with van der Waals surface area (Å²) in [5, 5.41) is 4.28. The summed E-state index contributed by atoms with van der Waals surface area (Å²) >= 11 is 1.62. The van der Waals surface area contributed by atoms with Crippen molar-refractivity contribution in [2.45, 2.75) is 18.4 Å². The van der Waals surface area contributed by atoms with Crippen LogP contribution in [0.1, 0.15) is 11.1 Å². The summed E-state index contributed by atoms with van der Waals surface area (Å²) in [6.45, 7) is 2.82. The number of aryl methyl sites for hydroxylation is 1. The molecule has 2 rings (SSSR count). The molecule has 0 bridgehead atoms. The Morgan fingerprint density at radius 2 is 2.25 bits per heavy atom. The molecule has 0 amide bonds. The van der Waals surface area contributed by atoms with Gasteiger partial charge in [-0.05, 0) is 18.7 Å². The predicted molar refractivity (Wildman–Crippen MR) is 68.7 cm³/mol. The largest absolute Gasteiger partial charge is 0.383 e. The molecule has 0 aliphatic carbocycles. The third-order valence-electron chi connectivity index (χ3n) is 2.48. The van der Waals surface area contributed by atoms with Crippen LogP contribution in [0.4, 0.5) is 5.82 Å². The monoisotopic (exact) mass is 233 g/mol. The van der Waals surface area contributed by atoms with Gasteiger partial charge in [0.15, 0.2) is 0 Å². The molecule has 1 heterocycles. The van der Waals surface area contributed by atoms with Crippen LogP contribution in [-0.4, -0.2) is 16.0 Å².